The zero-order valence-electron chi connectivity index (χ0n) is 11.2. The smallest absolute Gasteiger partial charge is 0.328 e. The third-order valence-electron chi connectivity index (χ3n) is 2.93. The van der Waals surface area contributed by atoms with Gasteiger partial charge in [0.25, 0.3) is 0 Å². The van der Waals surface area contributed by atoms with Crippen molar-refractivity contribution in [2.45, 2.75) is 25.7 Å². The molecule has 0 aromatic heterocycles. The van der Waals surface area contributed by atoms with Crippen LogP contribution in [-0.2, 0) is 20.9 Å². The summed E-state index contributed by atoms with van der Waals surface area (Å²) in [7, 11) is 0. The lowest BCUT2D eigenvalue weighted by atomic mass is 9.99. The first-order valence-corrected chi connectivity index (χ1v) is 6.28. The molecule has 0 aliphatic heterocycles. The van der Waals surface area contributed by atoms with Gasteiger partial charge in [-0.15, -0.1) is 0 Å². The Morgan fingerprint density at radius 1 is 1.40 bits per heavy atom. The molecule has 0 heterocycles. The van der Waals surface area contributed by atoms with Crippen LogP contribution >= 0.6 is 0 Å². The molecule has 0 saturated carbocycles. The Bertz CT molecular complexity index is 423. The highest BCUT2D eigenvalue weighted by Gasteiger charge is 2.30. The number of aliphatic carboxylic acids is 1. The number of aliphatic hydroxyl groups is 1. The van der Waals surface area contributed by atoms with E-state index in [1.165, 1.54) is 0 Å². The monoisotopic (exact) mass is 281 g/mol. The molecule has 3 atom stereocenters. The zero-order valence-corrected chi connectivity index (χ0v) is 11.2. The molecule has 0 radical (unpaired) electrons. The minimum absolute atomic E-state index is 0.195. The van der Waals surface area contributed by atoms with Crippen molar-refractivity contribution < 1.29 is 24.5 Å². The molecule has 0 saturated heterocycles. The Balaban J connectivity index is 2.42. The van der Waals surface area contributed by atoms with Gasteiger partial charge in [-0.05, 0) is 5.56 Å². The van der Waals surface area contributed by atoms with E-state index < -0.39 is 24.0 Å². The summed E-state index contributed by atoms with van der Waals surface area (Å²) >= 11 is 0. The van der Waals surface area contributed by atoms with Crippen LogP contribution in [0.1, 0.15) is 12.5 Å². The van der Waals surface area contributed by atoms with E-state index in [1.807, 2.05) is 30.3 Å². The second kappa shape index (κ2) is 8.29. The lowest BCUT2D eigenvalue weighted by molar-refractivity contribution is -0.145. The number of carbonyl (C=O) groups is 2. The largest absolute Gasteiger partial charge is 0.480 e. The number of carboxylic acid groups (broad SMARTS) is 1. The van der Waals surface area contributed by atoms with E-state index in [-0.39, 0.29) is 13.0 Å². The maximum absolute atomic E-state index is 10.9. The molecule has 110 valence electrons. The summed E-state index contributed by atoms with van der Waals surface area (Å²) in [5.41, 5.74) is 0.995. The fourth-order valence-electron chi connectivity index (χ4n) is 1.75. The van der Waals surface area contributed by atoms with E-state index in [1.54, 1.807) is 6.92 Å². The number of carboxylic acids is 1. The SMILES string of the molecule is CC(COCc1ccccc1)C(O)C(NC=O)C(=O)O. The van der Waals surface area contributed by atoms with E-state index in [0.29, 0.717) is 6.61 Å². The van der Waals surface area contributed by atoms with Crippen molar-refractivity contribution >= 4 is 12.4 Å². The molecule has 1 aromatic rings. The summed E-state index contributed by atoms with van der Waals surface area (Å²) in [6.45, 7) is 2.25. The lowest BCUT2D eigenvalue weighted by Crippen LogP contribution is -2.49. The first-order valence-electron chi connectivity index (χ1n) is 6.28. The fraction of sp³-hybridized carbons (Fsp3) is 0.429. The quantitative estimate of drug-likeness (QED) is 0.569. The number of aliphatic hydroxyl groups excluding tert-OH is 1. The van der Waals surface area contributed by atoms with Gasteiger partial charge in [0.15, 0.2) is 6.04 Å². The van der Waals surface area contributed by atoms with Gasteiger partial charge in [0.05, 0.1) is 19.3 Å². The number of benzene rings is 1. The summed E-state index contributed by atoms with van der Waals surface area (Å²) in [6, 6.07) is 8.18. The van der Waals surface area contributed by atoms with Gasteiger partial charge in [0, 0.05) is 5.92 Å². The maximum atomic E-state index is 10.9. The highest BCUT2D eigenvalue weighted by Crippen LogP contribution is 2.10. The van der Waals surface area contributed by atoms with Crippen LogP contribution in [0.3, 0.4) is 0 Å². The topological polar surface area (TPSA) is 95.9 Å². The van der Waals surface area contributed by atoms with E-state index in [9.17, 15) is 14.7 Å². The number of hydrogen-bond acceptors (Lipinski definition) is 4. The molecular weight excluding hydrogens is 262 g/mol. The van der Waals surface area contributed by atoms with Crippen LogP contribution in [0.15, 0.2) is 30.3 Å². The first kappa shape index (κ1) is 16.1. The van der Waals surface area contributed by atoms with Gasteiger partial charge in [-0.25, -0.2) is 4.79 Å². The second-order valence-corrected chi connectivity index (χ2v) is 4.57. The Kier molecular flexibility index (Phi) is 6.69. The summed E-state index contributed by atoms with van der Waals surface area (Å²) in [5, 5.41) is 20.9. The maximum Gasteiger partial charge on any atom is 0.328 e. The van der Waals surface area contributed by atoms with Crippen molar-refractivity contribution in [3.8, 4) is 0 Å². The fourth-order valence-corrected chi connectivity index (χ4v) is 1.75. The average Bonchev–Trinajstić information content (AvgIpc) is 2.44. The Morgan fingerprint density at radius 3 is 2.60 bits per heavy atom. The Hall–Kier alpha value is -1.92. The summed E-state index contributed by atoms with van der Waals surface area (Å²) in [5.74, 6) is -1.70. The molecule has 0 aliphatic carbocycles. The van der Waals surface area contributed by atoms with Crippen molar-refractivity contribution in [1.82, 2.24) is 5.32 Å². The molecule has 1 rings (SSSR count). The van der Waals surface area contributed by atoms with Crippen LogP contribution in [0.2, 0.25) is 0 Å². The second-order valence-electron chi connectivity index (χ2n) is 4.57. The molecule has 0 spiro atoms. The van der Waals surface area contributed by atoms with Crippen LogP contribution in [0.25, 0.3) is 0 Å². The molecule has 0 aliphatic rings. The van der Waals surface area contributed by atoms with Gasteiger partial charge >= 0.3 is 5.97 Å². The third kappa shape index (κ3) is 4.99. The molecule has 3 N–H and O–H groups in total. The molecule has 20 heavy (non-hydrogen) atoms. The number of nitrogens with one attached hydrogen (secondary N) is 1. The van der Waals surface area contributed by atoms with Gasteiger partial charge in [0.2, 0.25) is 6.41 Å². The van der Waals surface area contributed by atoms with Crippen molar-refractivity contribution in [3.63, 3.8) is 0 Å². The number of ether oxygens (including phenoxy) is 1. The number of amides is 1. The van der Waals surface area contributed by atoms with Crippen LogP contribution in [0, 0.1) is 5.92 Å². The minimum Gasteiger partial charge on any atom is -0.480 e. The number of carbonyl (C=O) groups excluding carboxylic acids is 1. The molecule has 6 nitrogen and oxygen atoms in total. The standard InChI is InChI=1S/C14H19NO5/c1-10(13(17)12(14(18)19)15-9-16)7-20-8-11-5-3-2-4-6-11/h2-6,9-10,12-13,17H,7-8H2,1H3,(H,15,16)(H,18,19). The molecule has 3 unspecified atom stereocenters. The predicted molar refractivity (Wildman–Crippen MR) is 71.9 cm³/mol. The van der Waals surface area contributed by atoms with Crippen LogP contribution in [0.5, 0.6) is 0 Å². The summed E-state index contributed by atoms with van der Waals surface area (Å²) < 4.78 is 5.44. The third-order valence-corrected chi connectivity index (χ3v) is 2.93. The Labute approximate surface area is 117 Å². The minimum atomic E-state index is -1.33. The number of hydrogen-bond donors (Lipinski definition) is 3. The van der Waals surface area contributed by atoms with E-state index in [4.69, 9.17) is 9.84 Å². The van der Waals surface area contributed by atoms with Crippen molar-refractivity contribution in [2.24, 2.45) is 5.92 Å². The number of rotatable bonds is 9. The van der Waals surface area contributed by atoms with E-state index >= 15 is 0 Å². The molecule has 1 aromatic carbocycles. The molecule has 6 heteroatoms. The van der Waals surface area contributed by atoms with Gasteiger partial charge < -0.3 is 20.3 Å². The predicted octanol–water partition coefficient (Wildman–Crippen LogP) is 0.399. The first-order chi connectivity index (χ1) is 9.56. The zero-order chi connectivity index (χ0) is 15.0. The van der Waals surface area contributed by atoms with Gasteiger partial charge in [0.1, 0.15) is 0 Å². The van der Waals surface area contributed by atoms with Gasteiger partial charge in [-0.2, -0.15) is 0 Å². The van der Waals surface area contributed by atoms with Crippen LogP contribution in [-0.4, -0.2) is 41.3 Å². The summed E-state index contributed by atoms with van der Waals surface area (Å²) in [6.07, 6.45) is -0.951. The molecule has 1 amide bonds. The van der Waals surface area contributed by atoms with Crippen LogP contribution < -0.4 is 5.32 Å². The highest BCUT2D eigenvalue weighted by atomic mass is 16.5. The Morgan fingerprint density at radius 2 is 2.05 bits per heavy atom. The molecular formula is C14H19NO5. The highest BCUT2D eigenvalue weighted by molar-refractivity contribution is 5.76. The normalized spacial score (nSPS) is 15.1. The van der Waals surface area contributed by atoms with Crippen molar-refractivity contribution in [3.05, 3.63) is 35.9 Å². The van der Waals surface area contributed by atoms with Gasteiger partial charge in [-0.3, -0.25) is 4.79 Å². The van der Waals surface area contributed by atoms with Crippen molar-refractivity contribution in [2.75, 3.05) is 6.61 Å². The van der Waals surface area contributed by atoms with E-state index in [0.717, 1.165) is 5.56 Å². The lowest BCUT2D eigenvalue weighted by Gasteiger charge is -2.24. The average molecular weight is 281 g/mol. The van der Waals surface area contributed by atoms with E-state index in [2.05, 4.69) is 5.32 Å². The molecule has 0 fully saturated rings. The van der Waals surface area contributed by atoms with Gasteiger partial charge in [-0.1, -0.05) is 37.3 Å². The molecule has 0 bridgehead atoms. The van der Waals surface area contributed by atoms with Crippen molar-refractivity contribution in [1.29, 1.82) is 0 Å². The summed E-state index contributed by atoms with van der Waals surface area (Å²) in [4.78, 5) is 21.2. The van der Waals surface area contributed by atoms with Crippen LogP contribution in [0.4, 0.5) is 0 Å².